The molecule has 1 aromatic rings. The number of pyridine rings is 1. The predicted molar refractivity (Wildman–Crippen MR) is 68.2 cm³/mol. The molecule has 1 heterocycles. The Morgan fingerprint density at radius 1 is 1.29 bits per heavy atom. The molecule has 0 saturated heterocycles. The fourth-order valence-corrected chi connectivity index (χ4v) is 2.45. The Bertz CT molecular complexity index is 387. The molecule has 1 amide bonds. The first kappa shape index (κ1) is 12.4. The summed E-state index contributed by atoms with van der Waals surface area (Å²) in [5.41, 5.74) is 0.519. The second kappa shape index (κ2) is 6.01. The van der Waals surface area contributed by atoms with E-state index in [1.54, 1.807) is 12.3 Å². The number of hydrogen-bond donors (Lipinski definition) is 1. The van der Waals surface area contributed by atoms with Crippen molar-refractivity contribution in [1.82, 2.24) is 10.3 Å². The van der Waals surface area contributed by atoms with E-state index < -0.39 is 0 Å². The van der Waals surface area contributed by atoms with Crippen LogP contribution in [0.5, 0.6) is 0 Å². The maximum Gasteiger partial charge on any atom is 0.253 e. The molecule has 0 radical (unpaired) electrons. The third kappa shape index (κ3) is 3.43. The second-order valence-corrected chi connectivity index (χ2v) is 4.92. The molecule has 1 aromatic heterocycles. The van der Waals surface area contributed by atoms with Gasteiger partial charge in [0.15, 0.2) is 0 Å². The summed E-state index contributed by atoms with van der Waals surface area (Å²) in [6, 6.07) is 1.96. The summed E-state index contributed by atoms with van der Waals surface area (Å²) in [6.45, 7) is 0. The Hall–Kier alpha value is -1.09. The molecule has 1 aliphatic carbocycles. The molecule has 1 aliphatic rings. The number of rotatable bonds is 2. The van der Waals surface area contributed by atoms with Gasteiger partial charge in [-0.3, -0.25) is 9.78 Å². The zero-order valence-electron chi connectivity index (χ0n) is 9.79. The molecule has 2 rings (SSSR count). The van der Waals surface area contributed by atoms with Gasteiger partial charge in [-0.05, 0) is 18.9 Å². The van der Waals surface area contributed by atoms with E-state index in [0.717, 1.165) is 12.8 Å². The molecule has 0 aliphatic heterocycles. The lowest BCUT2D eigenvalue weighted by Gasteiger charge is -2.16. The van der Waals surface area contributed by atoms with Crippen molar-refractivity contribution in [3.8, 4) is 0 Å². The molecule has 0 aromatic carbocycles. The van der Waals surface area contributed by atoms with Crippen molar-refractivity contribution < 1.29 is 4.79 Å². The lowest BCUT2D eigenvalue weighted by molar-refractivity contribution is 0.0933. The van der Waals surface area contributed by atoms with Crippen LogP contribution in [0.3, 0.4) is 0 Å². The molecular weight excluding hydrogens is 236 g/mol. The zero-order valence-corrected chi connectivity index (χ0v) is 10.5. The standard InChI is InChI=1S/C13H17ClN2O/c14-12-9-15-8-7-11(12)13(17)16-10-5-3-1-2-4-6-10/h7-10H,1-6H2,(H,16,17). The summed E-state index contributed by atoms with van der Waals surface area (Å²) in [5, 5.41) is 3.48. The van der Waals surface area contributed by atoms with Crippen LogP contribution in [0, 0.1) is 0 Å². The maximum absolute atomic E-state index is 12.0. The Balaban J connectivity index is 1.98. The van der Waals surface area contributed by atoms with Crippen molar-refractivity contribution in [2.24, 2.45) is 0 Å². The zero-order chi connectivity index (χ0) is 12.1. The number of halogens is 1. The third-order valence-electron chi connectivity index (χ3n) is 3.21. The minimum atomic E-state index is -0.0794. The van der Waals surface area contributed by atoms with Gasteiger partial charge in [-0.1, -0.05) is 37.3 Å². The average molecular weight is 253 g/mol. The van der Waals surface area contributed by atoms with Crippen LogP contribution < -0.4 is 5.32 Å². The lowest BCUT2D eigenvalue weighted by atomic mass is 10.1. The van der Waals surface area contributed by atoms with Crippen LogP contribution in [0.4, 0.5) is 0 Å². The van der Waals surface area contributed by atoms with Gasteiger partial charge in [0.25, 0.3) is 5.91 Å². The molecule has 1 N–H and O–H groups in total. The van der Waals surface area contributed by atoms with E-state index in [1.807, 2.05) is 0 Å². The molecule has 3 nitrogen and oxygen atoms in total. The van der Waals surface area contributed by atoms with E-state index in [0.29, 0.717) is 16.6 Å². The second-order valence-electron chi connectivity index (χ2n) is 4.52. The maximum atomic E-state index is 12.0. The van der Waals surface area contributed by atoms with Gasteiger partial charge in [-0.15, -0.1) is 0 Å². The number of aromatic nitrogens is 1. The summed E-state index contributed by atoms with van der Waals surface area (Å²) in [7, 11) is 0. The van der Waals surface area contributed by atoms with Crippen LogP contribution in [0.25, 0.3) is 0 Å². The molecule has 92 valence electrons. The van der Waals surface area contributed by atoms with Gasteiger partial charge < -0.3 is 5.32 Å². The molecule has 4 heteroatoms. The van der Waals surface area contributed by atoms with Crippen LogP contribution in [0.2, 0.25) is 5.02 Å². The molecule has 0 bridgehead atoms. The molecule has 17 heavy (non-hydrogen) atoms. The van der Waals surface area contributed by atoms with E-state index in [-0.39, 0.29) is 5.91 Å². The number of nitrogens with zero attached hydrogens (tertiary/aromatic N) is 1. The van der Waals surface area contributed by atoms with E-state index >= 15 is 0 Å². The van der Waals surface area contributed by atoms with E-state index in [2.05, 4.69) is 10.3 Å². The summed E-state index contributed by atoms with van der Waals surface area (Å²) in [5.74, 6) is -0.0794. The van der Waals surface area contributed by atoms with Crippen LogP contribution >= 0.6 is 11.6 Å². The first-order valence-corrected chi connectivity index (χ1v) is 6.55. The van der Waals surface area contributed by atoms with Crippen molar-refractivity contribution in [3.63, 3.8) is 0 Å². The highest BCUT2D eigenvalue weighted by molar-refractivity contribution is 6.33. The van der Waals surface area contributed by atoms with Crippen LogP contribution in [-0.4, -0.2) is 16.9 Å². The SMILES string of the molecule is O=C(NC1CCCCCC1)c1ccncc1Cl. The Morgan fingerprint density at radius 3 is 2.65 bits per heavy atom. The topological polar surface area (TPSA) is 42.0 Å². The Kier molecular flexibility index (Phi) is 4.37. The Morgan fingerprint density at radius 2 is 2.00 bits per heavy atom. The number of carbonyl (C=O) groups is 1. The number of carbonyl (C=O) groups excluding carboxylic acids is 1. The van der Waals surface area contributed by atoms with Crippen LogP contribution in [-0.2, 0) is 0 Å². The lowest BCUT2D eigenvalue weighted by Crippen LogP contribution is -2.34. The van der Waals surface area contributed by atoms with Crippen molar-refractivity contribution >= 4 is 17.5 Å². The minimum absolute atomic E-state index is 0.0794. The van der Waals surface area contributed by atoms with Gasteiger partial charge in [0.1, 0.15) is 0 Å². The van der Waals surface area contributed by atoms with E-state index in [1.165, 1.54) is 31.9 Å². The van der Waals surface area contributed by atoms with Gasteiger partial charge in [0.05, 0.1) is 10.6 Å². The predicted octanol–water partition coefficient (Wildman–Crippen LogP) is 3.19. The van der Waals surface area contributed by atoms with Crippen molar-refractivity contribution in [2.75, 3.05) is 0 Å². The molecule has 1 fully saturated rings. The summed E-state index contributed by atoms with van der Waals surface area (Å²) in [6.07, 6.45) is 10.2. The van der Waals surface area contributed by atoms with Crippen molar-refractivity contribution in [2.45, 2.75) is 44.6 Å². The Labute approximate surface area is 107 Å². The number of hydrogen-bond acceptors (Lipinski definition) is 2. The molecule has 0 spiro atoms. The molecular formula is C13H17ClN2O. The quantitative estimate of drug-likeness (QED) is 0.822. The fraction of sp³-hybridized carbons (Fsp3) is 0.538. The normalized spacial score (nSPS) is 17.5. The van der Waals surface area contributed by atoms with Crippen molar-refractivity contribution in [1.29, 1.82) is 0 Å². The molecule has 0 atom stereocenters. The summed E-state index contributed by atoms with van der Waals surface area (Å²) >= 11 is 5.95. The van der Waals surface area contributed by atoms with Gasteiger partial charge >= 0.3 is 0 Å². The first-order valence-electron chi connectivity index (χ1n) is 6.18. The van der Waals surface area contributed by atoms with Gasteiger partial charge in [-0.2, -0.15) is 0 Å². The van der Waals surface area contributed by atoms with Crippen molar-refractivity contribution in [3.05, 3.63) is 29.0 Å². The van der Waals surface area contributed by atoms with Crippen LogP contribution in [0.1, 0.15) is 48.9 Å². The van der Waals surface area contributed by atoms with Gasteiger partial charge in [-0.25, -0.2) is 0 Å². The number of amides is 1. The third-order valence-corrected chi connectivity index (χ3v) is 3.51. The highest BCUT2D eigenvalue weighted by atomic mass is 35.5. The average Bonchev–Trinajstić information content (AvgIpc) is 2.58. The minimum Gasteiger partial charge on any atom is -0.349 e. The van der Waals surface area contributed by atoms with Gasteiger partial charge in [0, 0.05) is 18.4 Å². The van der Waals surface area contributed by atoms with Gasteiger partial charge in [0.2, 0.25) is 0 Å². The molecule has 0 unspecified atom stereocenters. The smallest absolute Gasteiger partial charge is 0.253 e. The summed E-state index contributed by atoms with van der Waals surface area (Å²) in [4.78, 5) is 15.9. The van der Waals surface area contributed by atoms with E-state index in [4.69, 9.17) is 11.6 Å². The monoisotopic (exact) mass is 252 g/mol. The largest absolute Gasteiger partial charge is 0.349 e. The summed E-state index contributed by atoms with van der Waals surface area (Å²) < 4.78 is 0. The fourth-order valence-electron chi connectivity index (χ4n) is 2.25. The highest BCUT2D eigenvalue weighted by Gasteiger charge is 2.17. The van der Waals surface area contributed by atoms with Crippen LogP contribution in [0.15, 0.2) is 18.5 Å². The number of nitrogens with one attached hydrogen (secondary N) is 1. The van der Waals surface area contributed by atoms with E-state index in [9.17, 15) is 4.79 Å². The highest BCUT2D eigenvalue weighted by Crippen LogP contribution is 2.19. The molecule has 1 saturated carbocycles. The first-order chi connectivity index (χ1) is 8.27.